The van der Waals surface area contributed by atoms with E-state index in [2.05, 4.69) is 5.32 Å². The predicted molar refractivity (Wildman–Crippen MR) is 71.3 cm³/mol. The summed E-state index contributed by atoms with van der Waals surface area (Å²) in [5.41, 5.74) is 0. The molecule has 0 saturated heterocycles. The summed E-state index contributed by atoms with van der Waals surface area (Å²) in [6.45, 7) is 3.41. The van der Waals surface area contributed by atoms with E-state index < -0.39 is 5.76 Å². The number of ether oxygens (including phenoxy) is 1. The van der Waals surface area contributed by atoms with Gasteiger partial charge in [-0.2, -0.15) is 8.78 Å². The Kier molecular flexibility index (Phi) is 5.66. The van der Waals surface area contributed by atoms with E-state index in [4.69, 9.17) is 9.15 Å². The van der Waals surface area contributed by atoms with E-state index in [1.54, 1.807) is 6.07 Å². The molecule has 0 bridgehead atoms. The monoisotopic (exact) mass is 291 g/mol. The summed E-state index contributed by atoms with van der Waals surface area (Å²) in [6.07, 6.45) is 2.45. The second-order valence-corrected chi connectivity index (χ2v) is 5.54. The fourth-order valence-electron chi connectivity index (χ4n) is 2.09. The van der Waals surface area contributed by atoms with Gasteiger partial charge in [0.25, 0.3) is 5.76 Å². The van der Waals surface area contributed by atoms with Crippen LogP contribution in [0.25, 0.3) is 0 Å². The van der Waals surface area contributed by atoms with E-state index >= 15 is 0 Å². The second-order valence-electron chi connectivity index (χ2n) is 4.57. The summed E-state index contributed by atoms with van der Waals surface area (Å²) >= 11 is 0.579. The van der Waals surface area contributed by atoms with Crippen molar-refractivity contribution in [3.8, 4) is 0 Å². The molecule has 1 aromatic rings. The van der Waals surface area contributed by atoms with E-state index in [1.807, 2.05) is 13.0 Å². The number of furan rings is 1. The number of hydrogen-bond donors (Lipinski definition) is 1. The van der Waals surface area contributed by atoms with Gasteiger partial charge in [-0.05, 0) is 31.9 Å². The van der Waals surface area contributed by atoms with Crippen molar-refractivity contribution in [2.75, 3.05) is 6.61 Å². The highest BCUT2D eigenvalue weighted by Gasteiger charge is 2.28. The minimum absolute atomic E-state index is 0.216. The minimum atomic E-state index is -2.35. The molecule has 1 aromatic heterocycles. The van der Waals surface area contributed by atoms with E-state index in [0.29, 0.717) is 36.2 Å². The van der Waals surface area contributed by atoms with Crippen molar-refractivity contribution >= 4 is 11.8 Å². The van der Waals surface area contributed by atoms with Gasteiger partial charge in [-0.15, -0.1) is 0 Å². The van der Waals surface area contributed by atoms with Crippen LogP contribution in [0.3, 0.4) is 0 Å². The molecule has 19 heavy (non-hydrogen) atoms. The molecule has 1 N–H and O–H groups in total. The molecule has 1 aliphatic rings. The Labute approximate surface area is 116 Å². The van der Waals surface area contributed by atoms with Crippen molar-refractivity contribution in [1.82, 2.24) is 5.32 Å². The first-order valence-electron chi connectivity index (χ1n) is 6.49. The highest BCUT2D eigenvalue weighted by atomic mass is 32.2. The largest absolute Gasteiger partial charge is 0.464 e. The molecule has 1 aliphatic carbocycles. The summed E-state index contributed by atoms with van der Waals surface area (Å²) in [4.78, 5) is 0. The number of halogens is 2. The topological polar surface area (TPSA) is 34.4 Å². The van der Waals surface area contributed by atoms with Crippen LogP contribution >= 0.6 is 11.8 Å². The Balaban J connectivity index is 1.64. The lowest BCUT2D eigenvalue weighted by molar-refractivity contribution is -0.0105. The average molecular weight is 291 g/mol. The molecular weight excluding hydrogens is 272 g/mol. The van der Waals surface area contributed by atoms with Gasteiger partial charge in [-0.1, -0.05) is 11.8 Å². The van der Waals surface area contributed by atoms with E-state index in [-0.39, 0.29) is 5.75 Å². The number of thioether (sulfide) groups is 1. The van der Waals surface area contributed by atoms with Crippen LogP contribution in [0.4, 0.5) is 8.78 Å². The molecule has 1 heterocycles. The third kappa shape index (κ3) is 4.78. The van der Waals surface area contributed by atoms with Crippen LogP contribution in [0, 0.1) is 0 Å². The third-order valence-corrected chi connectivity index (χ3v) is 3.83. The van der Waals surface area contributed by atoms with Crippen LogP contribution in [-0.2, 0) is 17.0 Å². The van der Waals surface area contributed by atoms with Crippen LogP contribution in [-0.4, -0.2) is 24.5 Å². The normalized spacial score (nSPS) is 22.7. The van der Waals surface area contributed by atoms with Gasteiger partial charge in [-0.3, -0.25) is 0 Å². The summed E-state index contributed by atoms with van der Waals surface area (Å²) in [6, 6.07) is 4.07. The van der Waals surface area contributed by atoms with Gasteiger partial charge >= 0.3 is 0 Å². The van der Waals surface area contributed by atoms with Gasteiger partial charge in [0.05, 0.1) is 18.4 Å². The van der Waals surface area contributed by atoms with Crippen molar-refractivity contribution in [3.63, 3.8) is 0 Å². The molecule has 0 aliphatic heterocycles. The Bertz CT molecular complexity index is 380. The molecule has 2 rings (SSSR count). The standard InChI is InChI=1S/C13H19F2NO2S/c1-2-17-12-5-9(6-12)16-7-10-3-4-11(18-10)8-19-13(14)15/h3-4,9,12-13,16H,2,5-8H2,1H3. The maximum Gasteiger partial charge on any atom is 0.284 e. The molecular formula is C13H19F2NO2S. The van der Waals surface area contributed by atoms with Crippen LogP contribution in [0.5, 0.6) is 0 Å². The van der Waals surface area contributed by atoms with Crippen LogP contribution in [0.1, 0.15) is 31.3 Å². The molecule has 0 atom stereocenters. The Morgan fingerprint density at radius 2 is 2.16 bits per heavy atom. The lowest BCUT2D eigenvalue weighted by Gasteiger charge is -2.35. The molecule has 0 unspecified atom stereocenters. The molecule has 0 aromatic carbocycles. The molecule has 0 amide bonds. The smallest absolute Gasteiger partial charge is 0.284 e. The average Bonchev–Trinajstić information content (AvgIpc) is 2.77. The molecule has 108 valence electrons. The highest BCUT2D eigenvalue weighted by molar-refractivity contribution is 7.98. The fraction of sp³-hybridized carbons (Fsp3) is 0.692. The van der Waals surface area contributed by atoms with Crippen LogP contribution in [0.15, 0.2) is 16.5 Å². The van der Waals surface area contributed by atoms with Crippen LogP contribution in [0.2, 0.25) is 0 Å². The van der Waals surface area contributed by atoms with Gasteiger partial charge in [0, 0.05) is 12.6 Å². The molecule has 1 saturated carbocycles. The Morgan fingerprint density at radius 3 is 2.84 bits per heavy atom. The summed E-state index contributed by atoms with van der Waals surface area (Å²) < 4.78 is 35.0. The lowest BCUT2D eigenvalue weighted by Crippen LogP contribution is -2.45. The molecule has 6 heteroatoms. The van der Waals surface area contributed by atoms with Gasteiger partial charge in [0.15, 0.2) is 0 Å². The first kappa shape index (κ1) is 14.8. The molecule has 0 radical (unpaired) electrons. The van der Waals surface area contributed by atoms with E-state index in [0.717, 1.165) is 25.2 Å². The SMILES string of the molecule is CCOC1CC(NCc2ccc(CSC(F)F)o2)C1. The van der Waals surface area contributed by atoms with E-state index in [9.17, 15) is 8.78 Å². The zero-order valence-electron chi connectivity index (χ0n) is 10.9. The van der Waals surface area contributed by atoms with Crippen LogP contribution < -0.4 is 5.32 Å². The van der Waals surface area contributed by atoms with E-state index in [1.165, 1.54) is 0 Å². The maximum absolute atomic E-state index is 12.0. The number of hydrogen-bond acceptors (Lipinski definition) is 4. The summed E-state index contributed by atoms with van der Waals surface area (Å²) in [5, 5.41) is 3.37. The predicted octanol–water partition coefficient (Wildman–Crippen LogP) is 3.39. The van der Waals surface area contributed by atoms with Crippen molar-refractivity contribution in [2.24, 2.45) is 0 Å². The molecule has 1 fully saturated rings. The van der Waals surface area contributed by atoms with Crippen molar-refractivity contribution < 1.29 is 17.9 Å². The lowest BCUT2D eigenvalue weighted by atomic mass is 9.89. The molecule has 3 nitrogen and oxygen atoms in total. The van der Waals surface area contributed by atoms with Crippen molar-refractivity contribution in [3.05, 3.63) is 23.7 Å². The minimum Gasteiger partial charge on any atom is -0.464 e. The summed E-state index contributed by atoms with van der Waals surface area (Å²) in [7, 11) is 0. The quantitative estimate of drug-likeness (QED) is 0.796. The number of rotatable bonds is 8. The van der Waals surface area contributed by atoms with Crippen molar-refractivity contribution in [1.29, 1.82) is 0 Å². The zero-order valence-corrected chi connectivity index (χ0v) is 11.7. The Morgan fingerprint density at radius 1 is 1.42 bits per heavy atom. The van der Waals surface area contributed by atoms with Gasteiger partial charge in [-0.25, -0.2) is 0 Å². The first-order valence-corrected chi connectivity index (χ1v) is 7.54. The summed E-state index contributed by atoms with van der Waals surface area (Å²) in [5.74, 6) is -0.738. The number of alkyl halides is 2. The fourth-order valence-corrected chi connectivity index (χ4v) is 2.53. The third-order valence-electron chi connectivity index (χ3n) is 3.13. The highest BCUT2D eigenvalue weighted by Crippen LogP contribution is 2.24. The maximum atomic E-state index is 12.0. The molecule has 0 spiro atoms. The first-order chi connectivity index (χ1) is 9.17. The van der Waals surface area contributed by atoms with Gasteiger partial charge in [0.1, 0.15) is 11.5 Å². The number of nitrogens with one attached hydrogen (secondary N) is 1. The van der Waals surface area contributed by atoms with Gasteiger partial charge < -0.3 is 14.5 Å². The second kappa shape index (κ2) is 7.26. The van der Waals surface area contributed by atoms with Gasteiger partial charge in [0.2, 0.25) is 0 Å². The van der Waals surface area contributed by atoms with Crippen molar-refractivity contribution in [2.45, 2.75) is 50.0 Å². The zero-order chi connectivity index (χ0) is 13.7. The Hall–Kier alpha value is -0.590.